The molecular weight excluding hydrogens is 400 g/mol. The molecule has 1 aliphatic rings. The molecule has 1 fully saturated rings. The molecule has 6 heteroatoms. The van der Waals surface area contributed by atoms with Gasteiger partial charge in [0.05, 0.1) is 18.5 Å². The average Bonchev–Trinajstić information content (AvgIpc) is 3.24. The van der Waals surface area contributed by atoms with Gasteiger partial charge in [-0.3, -0.25) is 9.69 Å². The first-order chi connectivity index (χ1) is 15.4. The topological polar surface area (TPSA) is 71.3 Å². The number of hydrogen-bond donors (Lipinski definition) is 1. The highest BCUT2D eigenvalue weighted by atomic mass is 16.5. The first-order valence-electron chi connectivity index (χ1n) is 11.4. The number of benzene rings is 2. The number of carbonyl (C=O) groups excluding carboxylic acids is 1. The number of piperidine rings is 1. The minimum Gasteiger partial charge on any atom is -0.349 e. The van der Waals surface area contributed by atoms with Gasteiger partial charge in [-0.2, -0.15) is 4.98 Å². The second-order valence-corrected chi connectivity index (χ2v) is 9.04. The van der Waals surface area contributed by atoms with E-state index in [1.165, 1.54) is 22.3 Å². The van der Waals surface area contributed by atoms with Gasteiger partial charge in [-0.1, -0.05) is 58.7 Å². The molecule has 2 atom stereocenters. The van der Waals surface area contributed by atoms with Crippen LogP contribution in [0.25, 0.3) is 11.4 Å². The Morgan fingerprint density at radius 1 is 1.16 bits per heavy atom. The van der Waals surface area contributed by atoms with Crippen molar-refractivity contribution in [1.29, 1.82) is 0 Å². The Kier molecular flexibility index (Phi) is 6.70. The molecule has 3 aromatic rings. The van der Waals surface area contributed by atoms with E-state index in [4.69, 9.17) is 4.52 Å². The molecular formula is C26H32N4O2. The number of aromatic nitrogens is 2. The second kappa shape index (κ2) is 9.65. The van der Waals surface area contributed by atoms with Crippen LogP contribution in [0.2, 0.25) is 0 Å². The number of nitrogens with zero attached hydrogens (tertiary/aromatic N) is 3. The van der Waals surface area contributed by atoms with Gasteiger partial charge in [0.15, 0.2) is 0 Å². The molecule has 2 unspecified atom stereocenters. The molecule has 1 N–H and O–H groups in total. The largest absolute Gasteiger partial charge is 0.349 e. The smallest absolute Gasteiger partial charge is 0.241 e. The van der Waals surface area contributed by atoms with Crippen LogP contribution in [0.3, 0.4) is 0 Å². The monoisotopic (exact) mass is 432 g/mol. The maximum atomic E-state index is 13.0. The van der Waals surface area contributed by atoms with Crippen LogP contribution in [0.15, 0.2) is 47.0 Å². The number of carbonyl (C=O) groups is 1. The summed E-state index contributed by atoms with van der Waals surface area (Å²) in [6.07, 6.45) is 1.88. The first kappa shape index (κ1) is 22.2. The minimum atomic E-state index is -0.0317. The van der Waals surface area contributed by atoms with E-state index in [0.717, 1.165) is 24.9 Å². The quantitative estimate of drug-likeness (QED) is 0.609. The first-order valence-corrected chi connectivity index (χ1v) is 11.4. The number of nitrogens with one attached hydrogen (secondary N) is 1. The van der Waals surface area contributed by atoms with E-state index in [0.29, 0.717) is 24.8 Å². The Morgan fingerprint density at radius 3 is 2.69 bits per heavy atom. The number of likely N-dealkylation sites (tertiary alicyclic amines) is 1. The Labute approximate surface area is 190 Å². The SMILES string of the molecule is Cc1ccc(-c2noc(CN3CCCC(C(=O)NC(C)c4cc(C)ccc4C)C3)n2)cc1. The lowest BCUT2D eigenvalue weighted by Gasteiger charge is -2.31. The van der Waals surface area contributed by atoms with Crippen LogP contribution in [0, 0.1) is 26.7 Å². The fourth-order valence-corrected chi connectivity index (χ4v) is 4.38. The summed E-state index contributed by atoms with van der Waals surface area (Å²) in [6.45, 7) is 10.5. The van der Waals surface area contributed by atoms with Crippen LogP contribution in [0.5, 0.6) is 0 Å². The van der Waals surface area contributed by atoms with Gasteiger partial charge < -0.3 is 9.84 Å². The van der Waals surface area contributed by atoms with Crippen molar-refractivity contribution in [3.63, 3.8) is 0 Å². The molecule has 1 aliphatic heterocycles. The summed E-state index contributed by atoms with van der Waals surface area (Å²) in [5.41, 5.74) is 5.74. The third kappa shape index (κ3) is 5.25. The van der Waals surface area contributed by atoms with Gasteiger partial charge in [-0.15, -0.1) is 0 Å². The molecule has 0 bridgehead atoms. The molecule has 1 amide bonds. The predicted molar refractivity (Wildman–Crippen MR) is 125 cm³/mol. The van der Waals surface area contributed by atoms with Gasteiger partial charge in [0.25, 0.3) is 0 Å². The van der Waals surface area contributed by atoms with Crippen molar-refractivity contribution in [3.05, 3.63) is 70.6 Å². The van der Waals surface area contributed by atoms with Crippen LogP contribution in [0.1, 0.15) is 54.0 Å². The van der Waals surface area contributed by atoms with Crippen LogP contribution in [0.4, 0.5) is 0 Å². The standard InChI is InChI=1S/C26H32N4O2/c1-17-8-11-21(12-9-17)25-28-24(32-29-25)16-30-13-5-6-22(15-30)26(31)27-20(4)23-14-18(2)7-10-19(23)3/h7-12,14,20,22H,5-6,13,15-16H2,1-4H3,(H,27,31). The molecule has 6 nitrogen and oxygen atoms in total. The predicted octanol–water partition coefficient (Wildman–Crippen LogP) is 4.75. The Bertz CT molecular complexity index is 1070. The van der Waals surface area contributed by atoms with E-state index in [-0.39, 0.29) is 17.9 Å². The summed E-state index contributed by atoms with van der Waals surface area (Å²) < 4.78 is 5.49. The molecule has 2 aromatic carbocycles. The third-order valence-electron chi connectivity index (χ3n) is 6.27. The summed E-state index contributed by atoms with van der Waals surface area (Å²) >= 11 is 0. The lowest BCUT2D eigenvalue weighted by molar-refractivity contribution is -0.127. The number of hydrogen-bond acceptors (Lipinski definition) is 5. The van der Waals surface area contributed by atoms with Gasteiger partial charge in [-0.25, -0.2) is 0 Å². The normalized spacial score (nSPS) is 17.8. The van der Waals surface area contributed by atoms with Crippen molar-refractivity contribution in [2.75, 3.05) is 13.1 Å². The molecule has 1 saturated heterocycles. The molecule has 32 heavy (non-hydrogen) atoms. The van der Waals surface area contributed by atoms with Crippen LogP contribution in [-0.2, 0) is 11.3 Å². The van der Waals surface area contributed by atoms with E-state index < -0.39 is 0 Å². The lowest BCUT2D eigenvalue weighted by Crippen LogP contribution is -2.43. The molecule has 168 valence electrons. The van der Waals surface area contributed by atoms with E-state index in [9.17, 15) is 4.79 Å². The fourth-order valence-electron chi connectivity index (χ4n) is 4.38. The van der Waals surface area contributed by atoms with Crippen LogP contribution < -0.4 is 5.32 Å². The molecule has 0 saturated carbocycles. The van der Waals surface area contributed by atoms with Crippen molar-refractivity contribution in [1.82, 2.24) is 20.4 Å². The summed E-state index contributed by atoms with van der Waals surface area (Å²) in [7, 11) is 0. The summed E-state index contributed by atoms with van der Waals surface area (Å²) in [5, 5.41) is 7.36. The third-order valence-corrected chi connectivity index (χ3v) is 6.27. The van der Waals surface area contributed by atoms with Crippen molar-refractivity contribution in [3.8, 4) is 11.4 Å². The van der Waals surface area contributed by atoms with Crippen LogP contribution >= 0.6 is 0 Å². The van der Waals surface area contributed by atoms with Gasteiger partial charge in [0.2, 0.25) is 17.6 Å². The zero-order valence-corrected chi connectivity index (χ0v) is 19.4. The lowest BCUT2D eigenvalue weighted by atomic mass is 9.95. The van der Waals surface area contributed by atoms with Crippen molar-refractivity contribution < 1.29 is 9.32 Å². The summed E-state index contributed by atoms with van der Waals surface area (Å²) in [6, 6.07) is 14.5. The molecule has 1 aromatic heterocycles. The number of amides is 1. The van der Waals surface area contributed by atoms with E-state index in [1.807, 2.05) is 24.3 Å². The molecule has 4 rings (SSSR count). The van der Waals surface area contributed by atoms with E-state index in [1.54, 1.807) is 0 Å². The van der Waals surface area contributed by atoms with Crippen molar-refractivity contribution >= 4 is 5.91 Å². The highest BCUT2D eigenvalue weighted by Crippen LogP contribution is 2.23. The van der Waals surface area contributed by atoms with Gasteiger partial charge in [-0.05, 0) is 58.2 Å². The number of aryl methyl sites for hydroxylation is 3. The molecule has 0 spiro atoms. The van der Waals surface area contributed by atoms with E-state index in [2.05, 4.69) is 66.3 Å². The van der Waals surface area contributed by atoms with Gasteiger partial charge >= 0.3 is 0 Å². The zero-order chi connectivity index (χ0) is 22.7. The molecule has 2 heterocycles. The minimum absolute atomic E-state index is 0.00853. The zero-order valence-electron chi connectivity index (χ0n) is 19.4. The Hall–Kier alpha value is -2.99. The van der Waals surface area contributed by atoms with Crippen molar-refractivity contribution in [2.24, 2.45) is 5.92 Å². The molecule has 0 aliphatic carbocycles. The van der Waals surface area contributed by atoms with Crippen molar-refractivity contribution in [2.45, 2.75) is 53.1 Å². The fraction of sp³-hybridized carbons (Fsp3) is 0.423. The summed E-state index contributed by atoms with van der Waals surface area (Å²) in [5.74, 6) is 1.28. The Morgan fingerprint density at radius 2 is 1.91 bits per heavy atom. The number of rotatable bonds is 6. The second-order valence-electron chi connectivity index (χ2n) is 9.04. The van der Waals surface area contributed by atoms with Gasteiger partial charge in [0.1, 0.15) is 0 Å². The van der Waals surface area contributed by atoms with E-state index >= 15 is 0 Å². The summed E-state index contributed by atoms with van der Waals surface area (Å²) in [4.78, 5) is 19.8. The maximum Gasteiger partial charge on any atom is 0.241 e. The maximum absolute atomic E-state index is 13.0. The molecule has 0 radical (unpaired) electrons. The highest BCUT2D eigenvalue weighted by molar-refractivity contribution is 5.79. The van der Waals surface area contributed by atoms with Gasteiger partial charge in [0, 0.05) is 12.1 Å². The Balaban J connectivity index is 1.35. The average molecular weight is 433 g/mol. The highest BCUT2D eigenvalue weighted by Gasteiger charge is 2.28. The van der Waals surface area contributed by atoms with Crippen LogP contribution in [-0.4, -0.2) is 34.0 Å².